The molecule has 0 unspecified atom stereocenters. The topological polar surface area (TPSA) is 34.1 Å². The Labute approximate surface area is 70.2 Å². The summed E-state index contributed by atoms with van der Waals surface area (Å²) in [5.41, 5.74) is 0. The van der Waals surface area contributed by atoms with E-state index in [-0.39, 0.29) is 0 Å². The minimum atomic E-state index is -0.405. The van der Waals surface area contributed by atoms with Gasteiger partial charge in [0.05, 0.1) is 0 Å². The second-order valence-corrected chi connectivity index (χ2v) is 4.35. The molecular formula is C8H16O2Si. The molecule has 0 saturated carbocycles. The van der Waals surface area contributed by atoms with Gasteiger partial charge in [0.25, 0.3) is 0 Å². The van der Waals surface area contributed by atoms with Gasteiger partial charge in [-0.05, 0) is 12.1 Å². The highest BCUT2D eigenvalue weighted by molar-refractivity contribution is 6.46. The van der Waals surface area contributed by atoms with E-state index in [2.05, 4.69) is 0 Å². The van der Waals surface area contributed by atoms with E-state index in [0.717, 1.165) is 0 Å². The van der Waals surface area contributed by atoms with Crippen LogP contribution in [0.2, 0.25) is 12.1 Å². The smallest absolute Gasteiger partial charge is 0.129 e. The Morgan fingerprint density at radius 1 is 1.00 bits per heavy atom. The van der Waals surface area contributed by atoms with E-state index < -0.39 is 9.52 Å². The maximum Gasteiger partial charge on any atom is 0.129 e. The number of ketones is 2. The second kappa shape index (κ2) is 6.28. The summed E-state index contributed by atoms with van der Waals surface area (Å²) in [6.07, 6.45) is 1.26. The Morgan fingerprint density at radius 3 is 1.64 bits per heavy atom. The first kappa shape index (κ1) is 10.6. The van der Waals surface area contributed by atoms with Crippen molar-refractivity contribution < 1.29 is 9.59 Å². The molecule has 0 fully saturated rings. The Balaban J connectivity index is 3.27. The zero-order chi connectivity index (χ0) is 8.69. The van der Waals surface area contributed by atoms with Crippen LogP contribution >= 0.6 is 0 Å². The Hall–Kier alpha value is -0.443. The molecule has 0 bridgehead atoms. The first-order valence-corrected chi connectivity index (χ1v) is 6.24. The van der Waals surface area contributed by atoms with E-state index in [0.29, 0.717) is 36.5 Å². The number of rotatable bonds is 6. The number of carbonyl (C=O) groups is 2. The van der Waals surface area contributed by atoms with Gasteiger partial charge in [0.15, 0.2) is 0 Å². The molecule has 3 heteroatoms. The molecule has 0 heterocycles. The standard InChI is InChI=1S/C8H16O2Si/c1-3-7(9)5-11-6-8(10)4-2/h3-6,11H2,1-2H3. The minimum Gasteiger partial charge on any atom is -0.300 e. The maximum atomic E-state index is 10.8. The van der Waals surface area contributed by atoms with Gasteiger partial charge in [-0.3, -0.25) is 0 Å². The first-order chi connectivity index (χ1) is 5.20. The first-order valence-electron chi connectivity index (χ1n) is 4.24. The van der Waals surface area contributed by atoms with Crippen LogP contribution in [0.15, 0.2) is 0 Å². The van der Waals surface area contributed by atoms with Crippen LogP contribution in [0.3, 0.4) is 0 Å². The quantitative estimate of drug-likeness (QED) is 0.559. The lowest BCUT2D eigenvalue weighted by Crippen LogP contribution is -2.05. The van der Waals surface area contributed by atoms with Crippen LogP contribution in [0.4, 0.5) is 0 Å². The van der Waals surface area contributed by atoms with E-state index in [1.807, 2.05) is 13.8 Å². The van der Waals surface area contributed by atoms with Crippen molar-refractivity contribution in [1.29, 1.82) is 0 Å². The van der Waals surface area contributed by atoms with Crippen LogP contribution in [-0.2, 0) is 9.59 Å². The third kappa shape index (κ3) is 5.98. The SMILES string of the molecule is CCC(=O)C[SiH2]CC(=O)CC. The predicted octanol–water partition coefficient (Wildman–Crippen LogP) is 0.950. The minimum absolute atomic E-state index is 0.320. The Kier molecular flexibility index (Phi) is 6.03. The van der Waals surface area contributed by atoms with Gasteiger partial charge < -0.3 is 9.59 Å². The van der Waals surface area contributed by atoms with Crippen LogP contribution in [-0.4, -0.2) is 21.1 Å². The molecule has 0 amide bonds. The third-order valence-corrected chi connectivity index (χ3v) is 3.52. The van der Waals surface area contributed by atoms with Gasteiger partial charge >= 0.3 is 0 Å². The molecule has 0 radical (unpaired) electrons. The molecule has 0 aliphatic carbocycles. The molecule has 0 saturated heterocycles. The van der Waals surface area contributed by atoms with E-state index in [4.69, 9.17) is 0 Å². The van der Waals surface area contributed by atoms with Gasteiger partial charge in [-0.25, -0.2) is 0 Å². The van der Waals surface area contributed by atoms with Crippen LogP contribution in [0.5, 0.6) is 0 Å². The summed E-state index contributed by atoms with van der Waals surface area (Å²) < 4.78 is 0. The maximum absolute atomic E-state index is 10.8. The van der Waals surface area contributed by atoms with Crippen molar-refractivity contribution >= 4 is 21.1 Å². The van der Waals surface area contributed by atoms with E-state index in [1.165, 1.54) is 0 Å². The van der Waals surface area contributed by atoms with Crippen LogP contribution in [0.1, 0.15) is 26.7 Å². The Bertz CT molecular complexity index is 127. The highest BCUT2D eigenvalue weighted by Crippen LogP contribution is 1.94. The molecule has 64 valence electrons. The largest absolute Gasteiger partial charge is 0.300 e. The van der Waals surface area contributed by atoms with E-state index in [9.17, 15) is 9.59 Å². The molecule has 0 spiro atoms. The van der Waals surface area contributed by atoms with Crippen molar-refractivity contribution in [3.8, 4) is 0 Å². The molecule has 0 aliphatic heterocycles. The fraction of sp³-hybridized carbons (Fsp3) is 0.750. The van der Waals surface area contributed by atoms with Crippen molar-refractivity contribution in [1.82, 2.24) is 0 Å². The molecule has 11 heavy (non-hydrogen) atoms. The molecule has 0 aromatic carbocycles. The molecule has 0 aromatic heterocycles. The highest BCUT2D eigenvalue weighted by Gasteiger charge is 2.01. The van der Waals surface area contributed by atoms with Crippen molar-refractivity contribution in [2.24, 2.45) is 0 Å². The summed E-state index contributed by atoms with van der Waals surface area (Å²) >= 11 is 0. The zero-order valence-electron chi connectivity index (χ0n) is 7.35. The molecule has 0 N–H and O–H groups in total. The molecule has 0 aliphatic rings. The summed E-state index contributed by atoms with van der Waals surface area (Å²) in [7, 11) is -0.405. The lowest BCUT2D eigenvalue weighted by atomic mass is 10.3. The van der Waals surface area contributed by atoms with Crippen LogP contribution in [0.25, 0.3) is 0 Å². The molecule has 0 rings (SSSR count). The summed E-state index contributed by atoms with van der Waals surface area (Å²) in [6.45, 7) is 3.75. The van der Waals surface area contributed by atoms with Crippen molar-refractivity contribution in [3.63, 3.8) is 0 Å². The fourth-order valence-electron chi connectivity index (χ4n) is 0.836. The van der Waals surface area contributed by atoms with Gasteiger partial charge in [-0.15, -0.1) is 0 Å². The van der Waals surface area contributed by atoms with Crippen molar-refractivity contribution in [2.45, 2.75) is 38.8 Å². The normalized spacial score (nSPS) is 9.64. The average molecular weight is 172 g/mol. The molecular weight excluding hydrogens is 156 g/mol. The van der Waals surface area contributed by atoms with Gasteiger partial charge in [-0.2, -0.15) is 0 Å². The monoisotopic (exact) mass is 172 g/mol. The fourth-order valence-corrected chi connectivity index (χ4v) is 2.51. The van der Waals surface area contributed by atoms with E-state index in [1.54, 1.807) is 0 Å². The zero-order valence-corrected chi connectivity index (χ0v) is 8.77. The van der Waals surface area contributed by atoms with Crippen molar-refractivity contribution in [2.75, 3.05) is 0 Å². The summed E-state index contributed by atoms with van der Waals surface area (Å²) in [4.78, 5) is 21.6. The van der Waals surface area contributed by atoms with E-state index >= 15 is 0 Å². The third-order valence-electron chi connectivity index (χ3n) is 1.70. The van der Waals surface area contributed by atoms with Crippen LogP contribution < -0.4 is 0 Å². The summed E-state index contributed by atoms with van der Waals surface area (Å²) in [5.74, 6) is 0.640. The number of Topliss-reactive ketones (excluding diaryl/α,β-unsaturated/α-hetero) is 2. The van der Waals surface area contributed by atoms with Gasteiger partial charge in [0.1, 0.15) is 11.6 Å². The molecule has 0 atom stereocenters. The second-order valence-electron chi connectivity index (χ2n) is 2.64. The van der Waals surface area contributed by atoms with Gasteiger partial charge in [0, 0.05) is 22.4 Å². The lowest BCUT2D eigenvalue weighted by Gasteiger charge is -1.95. The molecule has 0 aromatic rings. The number of hydrogen-bond acceptors (Lipinski definition) is 2. The average Bonchev–Trinajstić information content (AvgIpc) is 2.04. The highest BCUT2D eigenvalue weighted by atomic mass is 28.2. The van der Waals surface area contributed by atoms with Gasteiger partial charge in [-0.1, -0.05) is 13.8 Å². The predicted molar refractivity (Wildman–Crippen MR) is 48.8 cm³/mol. The summed E-state index contributed by atoms with van der Waals surface area (Å²) in [6, 6.07) is 1.42. The van der Waals surface area contributed by atoms with Crippen molar-refractivity contribution in [3.05, 3.63) is 0 Å². The van der Waals surface area contributed by atoms with Gasteiger partial charge in [0.2, 0.25) is 0 Å². The lowest BCUT2D eigenvalue weighted by molar-refractivity contribution is -0.116. The number of hydrogen-bond donors (Lipinski definition) is 0. The van der Waals surface area contributed by atoms with Crippen LogP contribution in [0, 0.1) is 0 Å². The summed E-state index contributed by atoms with van der Waals surface area (Å²) in [5, 5.41) is 0. The number of carbonyl (C=O) groups excluding carboxylic acids is 2. The Morgan fingerprint density at radius 2 is 1.36 bits per heavy atom. The molecule has 2 nitrogen and oxygen atoms in total.